The van der Waals surface area contributed by atoms with Crippen LogP contribution in [0.4, 0.5) is 24.7 Å². The second kappa shape index (κ2) is 13.7. The molecule has 15 nitrogen and oxygen atoms in total. The summed E-state index contributed by atoms with van der Waals surface area (Å²) in [6, 6.07) is 6.53. The number of esters is 1. The first-order valence-corrected chi connectivity index (χ1v) is 15.5. The lowest BCUT2D eigenvalue weighted by molar-refractivity contribution is -0.171. The van der Waals surface area contributed by atoms with Gasteiger partial charge in [-0.15, -0.1) is 0 Å². The summed E-state index contributed by atoms with van der Waals surface area (Å²) in [4.78, 5) is 49.1. The van der Waals surface area contributed by atoms with Gasteiger partial charge in [0.15, 0.2) is 23.4 Å². The molecule has 0 bridgehead atoms. The van der Waals surface area contributed by atoms with Gasteiger partial charge in [0.05, 0.1) is 53.6 Å². The van der Waals surface area contributed by atoms with E-state index in [1.807, 2.05) is 11.0 Å². The number of amides is 2. The number of nitrogens with one attached hydrogen (secondary N) is 2. The third-order valence-electron chi connectivity index (χ3n) is 8.26. The molecule has 49 heavy (non-hydrogen) atoms. The fraction of sp³-hybridized carbons (Fsp3) is 0.367. The third-order valence-corrected chi connectivity index (χ3v) is 8.57. The van der Waals surface area contributed by atoms with Crippen LogP contribution in [0.1, 0.15) is 28.9 Å². The number of nitrogens with zero attached hydrogens (tertiary/aromatic N) is 8. The molecule has 19 heteroatoms. The van der Waals surface area contributed by atoms with Gasteiger partial charge in [-0.25, -0.2) is 14.8 Å². The predicted molar refractivity (Wildman–Crippen MR) is 167 cm³/mol. The number of hydrogen-bond acceptors (Lipinski definition) is 11. The van der Waals surface area contributed by atoms with Gasteiger partial charge in [-0.1, -0.05) is 11.6 Å². The number of halogens is 4. The number of imidazole rings is 1. The Morgan fingerprint density at radius 3 is 2.73 bits per heavy atom. The van der Waals surface area contributed by atoms with E-state index in [-0.39, 0.29) is 58.9 Å². The summed E-state index contributed by atoms with van der Waals surface area (Å²) >= 11 is 6.58. The zero-order valence-corrected chi connectivity index (χ0v) is 26.4. The molecular weight excluding hydrogens is 671 g/mol. The van der Waals surface area contributed by atoms with Crippen LogP contribution in [0.5, 0.6) is 0 Å². The predicted octanol–water partition coefficient (Wildman–Crippen LogP) is 2.40. The zero-order chi connectivity index (χ0) is 34.9. The summed E-state index contributed by atoms with van der Waals surface area (Å²) in [6.45, 7) is 2.14. The number of rotatable bonds is 8. The Hall–Kier alpha value is -5.25. The van der Waals surface area contributed by atoms with Gasteiger partial charge in [0.1, 0.15) is 0 Å². The van der Waals surface area contributed by atoms with Crippen LogP contribution in [0, 0.1) is 11.3 Å². The van der Waals surface area contributed by atoms with Crippen molar-refractivity contribution in [3.05, 3.63) is 59.3 Å². The molecule has 2 saturated heterocycles. The number of anilines is 2. The van der Waals surface area contributed by atoms with Crippen LogP contribution >= 0.6 is 11.6 Å². The molecule has 2 fully saturated rings. The largest absolute Gasteiger partial charge is 0.437 e. The number of benzene rings is 1. The lowest BCUT2D eigenvalue weighted by Crippen LogP contribution is -2.60. The Balaban J connectivity index is 1.21. The Labute approximate surface area is 281 Å². The zero-order valence-electron chi connectivity index (χ0n) is 25.7. The van der Waals surface area contributed by atoms with Crippen molar-refractivity contribution >= 4 is 46.5 Å². The van der Waals surface area contributed by atoms with E-state index in [4.69, 9.17) is 27.3 Å². The monoisotopic (exact) mass is 699 g/mol. The number of nitriles is 1. The van der Waals surface area contributed by atoms with Crippen molar-refractivity contribution in [2.24, 2.45) is 5.73 Å². The number of nitrogens with two attached hydrogens (primary N) is 1. The molecule has 4 N–H and O–H groups in total. The van der Waals surface area contributed by atoms with Crippen LogP contribution in [0.15, 0.2) is 43.0 Å². The molecule has 0 spiro atoms. The molecular formula is C30H29ClF3N11O4. The van der Waals surface area contributed by atoms with Crippen LogP contribution in [0.2, 0.25) is 5.02 Å². The Morgan fingerprint density at radius 1 is 1.22 bits per heavy atom. The number of primary amides is 1. The summed E-state index contributed by atoms with van der Waals surface area (Å²) in [7, 11) is 0. The van der Waals surface area contributed by atoms with E-state index in [1.165, 1.54) is 46.2 Å². The van der Waals surface area contributed by atoms with E-state index in [9.17, 15) is 27.6 Å². The third kappa shape index (κ3) is 6.99. The van der Waals surface area contributed by atoms with E-state index < -0.39 is 35.9 Å². The van der Waals surface area contributed by atoms with Gasteiger partial charge in [-0.3, -0.25) is 23.6 Å². The lowest BCUT2D eigenvalue weighted by atomic mass is 10.1. The molecule has 256 valence electrons. The maximum Gasteiger partial charge on any atom is 0.435 e. The smallest absolute Gasteiger partial charge is 0.435 e. The molecule has 4 aromatic rings. The Bertz CT molecular complexity index is 1950. The molecule has 2 aliphatic rings. The standard InChI is InChI=1S/C30H29ClF3N11O4/c31-21-12-17(2-3-19(21)28(47)42-10-11-44(18-4-6-37-13-18)23(16-42)49-29(48)25(36)46)40-26-27-39-14-22(45(27)9-7-38-26)20-15-43(8-1-5-35)41-24(20)30(32,33)34/h2-3,7,9,12,14-15,18,23,37H,1,4,6,8,10-11,13,16H2,(H2,36,46)(H,38,40)/t18-,23?/m0/s1. The van der Waals surface area contributed by atoms with Gasteiger partial charge in [0, 0.05) is 50.0 Å². The molecule has 3 aromatic heterocycles. The van der Waals surface area contributed by atoms with Crippen molar-refractivity contribution in [1.29, 1.82) is 5.26 Å². The maximum absolute atomic E-state index is 13.9. The summed E-state index contributed by atoms with van der Waals surface area (Å²) in [5.74, 6) is -2.64. The fourth-order valence-electron chi connectivity index (χ4n) is 5.95. The first-order valence-electron chi connectivity index (χ1n) is 15.1. The number of carbonyl (C=O) groups excluding carboxylic acids is 3. The molecule has 0 radical (unpaired) electrons. The summed E-state index contributed by atoms with van der Waals surface area (Å²) in [5, 5.41) is 18.9. The number of hydrogen-bond donors (Lipinski definition) is 3. The van der Waals surface area contributed by atoms with E-state index in [0.29, 0.717) is 25.3 Å². The molecule has 2 atom stereocenters. The van der Waals surface area contributed by atoms with Gasteiger partial charge < -0.3 is 26.0 Å². The SMILES string of the molecule is N#CCCn1cc(-c2cnc3c(Nc4ccc(C(=O)N5CCN([C@H]6CCNC6)C(OC(=O)C(N)=O)C5)c(Cl)c4)nccn23)c(C(F)(F)F)n1. The van der Waals surface area contributed by atoms with Gasteiger partial charge in [0.25, 0.3) is 5.91 Å². The highest BCUT2D eigenvalue weighted by atomic mass is 35.5. The van der Waals surface area contributed by atoms with Crippen molar-refractivity contribution in [2.75, 3.05) is 38.0 Å². The topological polar surface area (TPSA) is 189 Å². The molecule has 2 amide bonds. The van der Waals surface area contributed by atoms with E-state index in [2.05, 4.69) is 25.7 Å². The maximum atomic E-state index is 13.9. The molecule has 2 aliphatic heterocycles. The minimum atomic E-state index is -4.75. The highest BCUT2D eigenvalue weighted by Gasteiger charge is 2.39. The average molecular weight is 700 g/mol. The fourth-order valence-corrected chi connectivity index (χ4v) is 6.21. The molecule has 5 heterocycles. The van der Waals surface area contributed by atoms with Crippen LogP contribution in [0.25, 0.3) is 16.9 Å². The number of fused-ring (bicyclic) bond motifs is 1. The number of aryl methyl sites for hydroxylation is 1. The summed E-state index contributed by atoms with van der Waals surface area (Å²) in [6.07, 6.45) is 0.501. The van der Waals surface area contributed by atoms with Crippen LogP contribution < -0.4 is 16.4 Å². The van der Waals surface area contributed by atoms with Gasteiger partial charge in [-0.05, 0) is 31.2 Å². The second-order valence-electron chi connectivity index (χ2n) is 11.4. The average Bonchev–Trinajstić information content (AvgIpc) is 3.84. The van der Waals surface area contributed by atoms with E-state index in [0.717, 1.165) is 17.6 Å². The van der Waals surface area contributed by atoms with E-state index >= 15 is 0 Å². The molecule has 1 unspecified atom stereocenters. The Kier molecular flexibility index (Phi) is 9.41. The van der Waals surface area contributed by atoms with Crippen LogP contribution in [0.3, 0.4) is 0 Å². The number of piperazine rings is 1. The number of ether oxygens (including phenoxy) is 1. The van der Waals surface area contributed by atoms with Crippen molar-refractivity contribution in [2.45, 2.75) is 37.8 Å². The first kappa shape index (κ1) is 33.6. The minimum Gasteiger partial charge on any atom is -0.437 e. The van der Waals surface area contributed by atoms with Crippen molar-refractivity contribution in [3.8, 4) is 17.3 Å². The number of aromatic nitrogens is 5. The molecule has 6 rings (SSSR count). The normalized spacial score (nSPS) is 18.4. The van der Waals surface area contributed by atoms with Crippen molar-refractivity contribution < 1.29 is 32.3 Å². The van der Waals surface area contributed by atoms with Gasteiger partial charge in [0.2, 0.25) is 0 Å². The van der Waals surface area contributed by atoms with E-state index in [1.54, 1.807) is 6.07 Å². The van der Waals surface area contributed by atoms with Crippen LogP contribution in [-0.2, 0) is 27.0 Å². The van der Waals surface area contributed by atoms with Gasteiger partial charge >= 0.3 is 18.1 Å². The van der Waals surface area contributed by atoms with Crippen molar-refractivity contribution in [3.63, 3.8) is 0 Å². The van der Waals surface area contributed by atoms with Crippen LogP contribution in [-0.4, -0.2) is 96.7 Å². The minimum absolute atomic E-state index is 0.00784. The second-order valence-corrected chi connectivity index (χ2v) is 11.8. The first-order chi connectivity index (χ1) is 23.4. The highest BCUT2D eigenvalue weighted by Crippen LogP contribution is 2.37. The Morgan fingerprint density at radius 2 is 2.04 bits per heavy atom. The van der Waals surface area contributed by atoms with Crippen molar-refractivity contribution in [1.82, 2.24) is 39.3 Å². The summed E-state index contributed by atoms with van der Waals surface area (Å²) in [5.41, 5.74) is 4.69. The quantitative estimate of drug-likeness (QED) is 0.181. The summed E-state index contributed by atoms with van der Waals surface area (Å²) < 4.78 is 49.6. The lowest BCUT2D eigenvalue weighted by Gasteiger charge is -2.43. The number of carbonyl (C=O) groups is 3. The van der Waals surface area contributed by atoms with Gasteiger partial charge in [-0.2, -0.15) is 23.5 Å². The molecule has 0 aliphatic carbocycles. The number of alkyl halides is 3. The molecule has 0 saturated carbocycles. The highest BCUT2D eigenvalue weighted by molar-refractivity contribution is 6.34. The molecule has 1 aromatic carbocycles.